The van der Waals surface area contributed by atoms with Crippen molar-refractivity contribution in [2.75, 3.05) is 0 Å². The van der Waals surface area contributed by atoms with Crippen LogP contribution in [0.1, 0.15) is 27.2 Å². The minimum absolute atomic E-state index is 0.0215. The molecule has 1 aromatic rings. The average molecular weight is 352 g/mol. The SMILES string of the molecule is CC(C)(C)CC(I)S(=O)(=O)c1ccccc1. The van der Waals surface area contributed by atoms with Crippen molar-refractivity contribution in [3.63, 3.8) is 0 Å². The van der Waals surface area contributed by atoms with Gasteiger partial charge in [0, 0.05) is 0 Å². The number of benzene rings is 1. The summed E-state index contributed by atoms with van der Waals surface area (Å²) in [6.07, 6.45) is 0.658. The summed E-state index contributed by atoms with van der Waals surface area (Å²) in [5.74, 6) is 0. The minimum Gasteiger partial charge on any atom is -0.223 e. The maximum absolute atomic E-state index is 12.2. The zero-order chi connectivity index (χ0) is 12.4. The molecule has 16 heavy (non-hydrogen) atoms. The summed E-state index contributed by atoms with van der Waals surface area (Å²) in [5, 5.41) is 0. The van der Waals surface area contributed by atoms with Crippen LogP contribution in [0.15, 0.2) is 35.2 Å². The van der Waals surface area contributed by atoms with Crippen molar-refractivity contribution in [2.45, 2.75) is 35.3 Å². The van der Waals surface area contributed by atoms with Crippen molar-refractivity contribution < 1.29 is 8.42 Å². The van der Waals surface area contributed by atoms with Crippen molar-refractivity contribution in [1.82, 2.24) is 0 Å². The number of rotatable bonds is 3. The highest BCUT2D eigenvalue weighted by atomic mass is 127. The molecule has 2 nitrogen and oxygen atoms in total. The normalized spacial score (nSPS) is 14.8. The highest BCUT2D eigenvalue weighted by molar-refractivity contribution is 14.1. The molecule has 0 aliphatic carbocycles. The molecule has 0 saturated heterocycles. The van der Waals surface area contributed by atoms with Crippen LogP contribution in [0, 0.1) is 5.41 Å². The van der Waals surface area contributed by atoms with E-state index >= 15 is 0 Å². The summed E-state index contributed by atoms with van der Waals surface area (Å²) in [6, 6.07) is 8.65. The molecule has 0 aliphatic rings. The number of hydrogen-bond donors (Lipinski definition) is 0. The largest absolute Gasteiger partial charge is 0.223 e. The summed E-state index contributed by atoms with van der Waals surface area (Å²) < 4.78 is 24.0. The topological polar surface area (TPSA) is 34.1 Å². The van der Waals surface area contributed by atoms with Gasteiger partial charge in [-0.3, -0.25) is 0 Å². The van der Waals surface area contributed by atoms with Crippen LogP contribution < -0.4 is 0 Å². The lowest BCUT2D eigenvalue weighted by Crippen LogP contribution is -2.21. The number of hydrogen-bond acceptors (Lipinski definition) is 2. The maximum Gasteiger partial charge on any atom is 0.190 e. The summed E-state index contributed by atoms with van der Waals surface area (Å²) >= 11 is 2.03. The van der Waals surface area contributed by atoms with E-state index in [1.807, 2.05) is 28.7 Å². The zero-order valence-electron chi connectivity index (χ0n) is 9.77. The molecule has 1 unspecified atom stereocenters. The fraction of sp³-hybridized carbons (Fsp3) is 0.500. The molecule has 0 fully saturated rings. The molecular weight excluding hydrogens is 335 g/mol. The van der Waals surface area contributed by atoms with E-state index in [1.165, 1.54) is 0 Å². The van der Waals surface area contributed by atoms with E-state index in [4.69, 9.17) is 0 Å². The lowest BCUT2D eigenvalue weighted by atomic mass is 9.94. The van der Waals surface area contributed by atoms with Crippen molar-refractivity contribution in [1.29, 1.82) is 0 Å². The molecule has 0 saturated carbocycles. The summed E-state index contributed by atoms with van der Waals surface area (Å²) in [5.41, 5.74) is 0.0215. The van der Waals surface area contributed by atoms with Crippen molar-refractivity contribution in [2.24, 2.45) is 5.41 Å². The lowest BCUT2D eigenvalue weighted by molar-refractivity contribution is 0.393. The zero-order valence-corrected chi connectivity index (χ0v) is 12.7. The molecule has 0 heterocycles. The monoisotopic (exact) mass is 352 g/mol. The molecule has 1 atom stereocenters. The van der Waals surface area contributed by atoms with Crippen LogP contribution in [0.3, 0.4) is 0 Å². The Bertz CT molecular complexity index is 432. The predicted octanol–water partition coefficient (Wildman–Crippen LogP) is 3.66. The summed E-state index contributed by atoms with van der Waals surface area (Å²) in [4.78, 5) is 0.415. The van der Waals surface area contributed by atoms with Crippen LogP contribution in [0.5, 0.6) is 0 Å². The first kappa shape index (κ1) is 14.0. The maximum atomic E-state index is 12.2. The molecule has 0 aliphatic heterocycles. The Labute approximate surface area is 112 Å². The van der Waals surface area contributed by atoms with Gasteiger partial charge >= 0.3 is 0 Å². The van der Waals surface area contributed by atoms with Gasteiger partial charge in [0.2, 0.25) is 0 Å². The van der Waals surface area contributed by atoms with Crippen molar-refractivity contribution in [3.8, 4) is 0 Å². The first-order chi connectivity index (χ1) is 7.23. The predicted molar refractivity (Wildman–Crippen MR) is 75.5 cm³/mol. The first-order valence-electron chi connectivity index (χ1n) is 5.16. The fourth-order valence-electron chi connectivity index (χ4n) is 1.35. The van der Waals surface area contributed by atoms with E-state index in [-0.39, 0.29) is 8.67 Å². The average Bonchev–Trinajstić information content (AvgIpc) is 2.16. The van der Waals surface area contributed by atoms with Gasteiger partial charge in [-0.2, -0.15) is 0 Å². The summed E-state index contributed by atoms with van der Waals surface area (Å²) in [7, 11) is -3.19. The molecule has 0 aromatic heterocycles. The van der Waals surface area contributed by atoms with Gasteiger partial charge in [-0.25, -0.2) is 8.42 Å². The fourth-order valence-corrected chi connectivity index (χ4v) is 5.10. The van der Waals surface area contributed by atoms with E-state index in [0.29, 0.717) is 11.3 Å². The highest BCUT2D eigenvalue weighted by Crippen LogP contribution is 2.31. The van der Waals surface area contributed by atoms with Crippen LogP contribution >= 0.6 is 22.6 Å². The molecular formula is C12H17IO2S. The van der Waals surface area contributed by atoms with Gasteiger partial charge < -0.3 is 0 Å². The van der Waals surface area contributed by atoms with Gasteiger partial charge in [-0.15, -0.1) is 0 Å². The Balaban J connectivity index is 2.96. The van der Waals surface area contributed by atoms with E-state index in [9.17, 15) is 8.42 Å². The second-order valence-electron chi connectivity index (χ2n) is 5.03. The van der Waals surface area contributed by atoms with Gasteiger partial charge in [0.25, 0.3) is 0 Å². The van der Waals surface area contributed by atoms with E-state index in [1.54, 1.807) is 24.3 Å². The third-order valence-corrected chi connectivity index (χ3v) is 6.40. The van der Waals surface area contributed by atoms with Crippen molar-refractivity contribution in [3.05, 3.63) is 30.3 Å². The molecule has 0 N–H and O–H groups in total. The molecule has 1 aromatic carbocycles. The Kier molecular flexibility index (Phi) is 4.40. The van der Waals surface area contributed by atoms with Crippen LogP contribution in [-0.4, -0.2) is 11.7 Å². The van der Waals surface area contributed by atoms with Gasteiger partial charge in [0.1, 0.15) is 3.26 Å². The number of alkyl halides is 1. The van der Waals surface area contributed by atoms with Crippen LogP contribution in [-0.2, 0) is 9.84 Å². The Morgan fingerprint density at radius 3 is 2.12 bits per heavy atom. The third kappa shape index (κ3) is 3.73. The molecule has 4 heteroatoms. The van der Waals surface area contributed by atoms with E-state index in [0.717, 1.165) is 0 Å². The summed E-state index contributed by atoms with van der Waals surface area (Å²) in [6.45, 7) is 6.16. The molecule has 0 spiro atoms. The van der Waals surface area contributed by atoms with Crippen molar-refractivity contribution >= 4 is 32.4 Å². The van der Waals surface area contributed by atoms with Crippen LogP contribution in [0.2, 0.25) is 0 Å². The smallest absolute Gasteiger partial charge is 0.190 e. The molecule has 0 radical (unpaired) electrons. The number of halogens is 1. The van der Waals surface area contributed by atoms with Gasteiger partial charge in [-0.1, -0.05) is 61.6 Å². The number of sulfone groups is 1. The third-order valence-electron chi connectivity index (χ3n) is 2.18. The minimum atomic E-state index is -3.19. The highest BCUT2D eigenvalue weighted by Gasteiger charge is 2.28. The second kappa shape index (κ2) is 5.04. The Morgan fingerprint density at radius 1 is 1.19 bits per heavy atom. The lowest BCUT2D eigenvalue weighted by Gasteiger charge is -2.22. The molecule has 0 bridgehead atoms. The van der Waals surface area contributed by atoms with Gasteiger partial charge in [-0.05, 0) is 24.0 Å². The quantitative estimate of drug-likeness (QED) is 0.615. The van der Waals surface area contributed by atoms with E-state index in [2.05, 4.69) is 20.8 Å². The van der Waals surface area contributed by atoms with Gasteiger partial charge in [0.15, 0.2) is 9.84 Å². The standard InChI is InChI=1S/C12H17IO2S/c1-12(2,3)9-11(13)16(14,15)10-7-5-4-6-8-10/h4-8,11H,9H2,1-3H3. The van der Waals surface area contributed by atoms with Crippen LogP contribution in [0.25, 0.3) is 0 Å². The molecule has 0 amide bonds. The molecule has 1 rings (SSSR count). The van der Waals surface area contributed by atoms with Crippen LogP contribution in [0.4, 0.5) is 0 Å². The second-order valence-corrected chi connectivity index (χ2v) is 9.51. The Hall–Kier alpha value is -0.1000. The first-order valence-corrected chi connectivity index (χ1v) is 7.96. The Morgan fingerprint density at radius 2 is 1.69 bits per heavy atom. The molecule has 90 valence electrons. The van der Waals surface area contributed by atoms with E-state index < -0.39 is 9.84 Å². The van der Waals surface area contributed by atoms with Gasteiger partial charge in [0.05, 0.1) is 4.90 Å².